The minimum atomic E-state index is 0.174. The lowest BCUT2D eigenvalue weighted by Crippen LogP contribution is -2.44. The Morgan fingerprint density at radius 1 is 1.05 bits per heavy atom. The third-order valence-electron chi connectivity index (χ3n) is 4.83. The highest BCUT2D eigenvalue weighted by Crippen LogP contribution is 2.31. The van der Waals surface area contributed by atoms with E-state index in [1.54, 1.807) is 0 Å². The Balaban J connectivity index is 2.09. The molecule has 0 amide bonds. The summed E-state index contributed by atoms with van der Waals surface area (Å²) in [6.45, 7) is 11.3. The molecule has 0 spiro atoms. The van der Waals surface area contributed by atoms with Crippen molar-refractivity contribution in [2.45, 2.75) is 52.6 Å². The summed E-state index contributed by atoms with van der Waals surface area (Å²) in [7, 11) is 0. The number of nitrogens with two attached hydrogens (primary N) is 1. The fourth-order valence-corrected chi connectivity index (χ4v) is 3.47. The number of benzene rings is 1. The second-order valence-electron chi connectivity index (χ2n) is 6.83. The zero-order valence-electron chi connectivity index (χ0n) is 13.5. The maximum Gasteiger partial charge on any atom is 0.0496 e. The van der Waals surface area contributed by atoms with Crippen molar-refractivity contribution in [2.75, 3.05) is 13.1 Å². The van der Waals surface area contributed by atoms with Gasteiger partial charge in [-0.1, -0.05) is 43.7 Å². The average molecular weight is 274 g/mol. The molecule has 1 fully saturated rings. The highest BCUT2D eigenvalue weighted by molar-refractivity contribution is 5.25. The van der Waals surface area contributed by atoms with Gasteiger partial charge in [-0.25, -0.2) is 0 Å². The van der Waals surface area contributed by atoms with E-state index in [1.807, 2.05) is 0 Å². The first-order chi connectivity index (χ1) is 9.49. The van der Waals surface area contributed by atoms with Crippen LogP contribution < -0.4 is 5.73 Å². The van der Waals surface area contributed by atoms with Crippen LogP contribution >= 0.6 is 0 Å². The number of likely N-dealkylation sites (tertiary alicyclic amines) is 1. The molecular weight excluding hydrogens is 244 g/mol. The molecule has 1 aliphatic heterocycles. The van der Waals surface area contributed by atoms with Crippen molar-refractivity contribution in [3.05, 3.63) is 35.4 Å². The first-order valence-corrected chi connectivity index (χ1v) is 8.05. The molecule has 0 aromatic heterocycles. The second-order valence-corrected chi connectivity index (χ2v) is 6.83. The fraction of sp³-hybridized carbons (Fsp3) is 0.667. The van der Waals surface area contributed by atoms with Crippen LogP contribution in [0, 0.1) is 18.8 Å². The van der Waals surface area contributed by atoms with Crippen LogP contribution in [0.1, 0.15) is 50.8 Å². The van der Waals surface area contributed by atoms with E-state index in [9.17, 15) is 0 Å². The summed E-state index contributed by atoms with van der Waals surface area (Å²) >= 11 is 0. The van der Waals surface area contributed by atoms with Crippen molar-refractivity contribution >= 4 is 0 Å². The second kappa shape index (κ2) is 6.73. The molecule has 2 rings (SSSR count). The van der Waals surface area contributed by atoms with Crippen LogP contribution in [0.25, 0.3) is 0 Å². The topological polar surface area (TPSA) is 29.3 Å². The van der Waals surface area contributed by atoms with Gasteiger partial charge in [-0.2, -0.15) is 0 Å². The average Bonchev–Trinajstić information content (AvgIpc) is 2.41. The minimum absolute atomic E-state index is 0.174. The summed E-state index contributed by atoms with van der Waals surface area (Å²) in [5.74, 6) is 1.70. The molecule has 2 atom stereocenters. The van der Waals surface area contributed by atoms with Gasteiger partial charge >= 0.3 is 0 Å². The lowest BCUT2D eigenvalue weighted by molar-refractivity contribution is 0.103. The molecule has 2 heteroatoms. The van der Waals surface area contributed by atoms with E-state index in [0.29, 0.717) is 6.04 Å². The van der Waals surface area contributed by atoms with Gasteiger partial charge in [-0.15, -0.1) is 0 Å². The molecular formula is C18H30N2. The smallest absolute Gasteiger partial charge is 0.0496 e. The van der Waals surface area contributed by atoms with Crippen molar-refractivity contribution in [3.63, 3.8) is 0 Å². The molecule has 1 heterocycles. The molecule has 2 nitrogen and oxygen atoms in total. The summed E-state index contributed by atoms with van der Waals surface area (Å²) in [5, 5.41) is 0. The highest BCUT2D eigenvalue weighted by Gasteiger charge is 2.29. The van der Waals surface area contributed by atoms with Crippen molar-refractivity contribution in [2.24, 2.45) is 17.6 Å². The van der Waals surface area contributed by atoms with Crippen LogP contribution in [0.15, 0.2) is 24.3 Å². The van der Waals surface area contributed by atoms with Crippen LogP contribution in [-0.4, -0.2) is 24.0 Å². The molecule has 0 radical (unpaired) electrons. The van der Waals surface area contributed by atoms with Crippen LogP contribution in [0.2, 0.25) is 0 Å². The molecule has 0 bridgehead atoms. The van der Waals surface area contributed by atoms with E-state index in [4.69, 9.17) is 5.73 Å². The summed E-state index contributed by atoms with van der Waals surface area (Å²) < 4.78 is 0. The minimum Gasteiger partial charge on any atom is -0.326 e. The zero-order chi connectivity index (χ0) is 14.7. The van der Waals surface area contributed by atoms with E-state index < -0.39 is 0 Å². The Morgan fingerprint density at radius 3 is 2.05 bits per heavy atom. The molecule has 2 unspecified atom stereocenters. The van der Waals surface area contributed by atoms with Crippen molar-refractivity contribution in [1.82, 2.24) is 4.90 Å². The highest BCUT2D eigenvalue weighted by atomic mass is 15.2. The van der Waals surface area contributed by atoms with Gasteiger partial charge in [0.25, 0.3) is 0 Å². The summed E-state index contributed by atoms with van der Waals surface area (Å²) in [4.78, 5) is 2.59. The molecule has 112 valence electrons. The summed E-state index contributed by atoms with van der Waals surface area (Å²) in [6, 6.07) is 9.43. The molecule has 1 aliphatic rings. The number of aryl methyl sites for hydroxylation is 1. The van der Waals surface area contributed by atoms with Gasteiger partial charge in [0.15, 0.2) is 0 Å². The molecule has 0 aliphatic carbocycles. The Hall–Kier alpha value is -0.860. The van der Waals surface area contributed by atoms with Crippen LogP contribution in [-0.2, 0) is 0 Å². The molecule has 20 heavy (non-hydrogen) atoms. The monoisotopic (exact) mass is 274 g/mol. The van der Waals surface area contributed by atoms with Crippen molar-refractivity contribution in [3.8, 4) is 0 Å². The van der Waals surface area contributed by atoms with Gasteiger partial charge in [0.05, 0.1) is 0 Å². The van der Waals surface area contributed by atoms with Gasteiger partial charge in [0.2, 0.25) is 0 Å². The Bertz CT molecular complexity index is 400. The normalized spacial score (nSPS) is 21.1. The van der Waals surface area contributed by atoms with E-state index in [-0.39, 0.29) is 6.04 Å². The summed E-state index contributed by atoms with van der Waals surface area (Å²) in [5.41, 5.74) is 8.97. The van der Waals surface area contributed by atoms with Gasteiger partial charge in [0.1, 0.15) is 0 Å². The molecule has 1 aromatic rings. The quantitative estimate of drug-likeness (QED) is 0.906. The fourth-order valence-electron chi connectivity index (χ4n) is 3.47. The third-order valence-corrected chi connectivity index (χ3v) is 4.83. The number of nitrogens with zero attached hydrogens (tertiary/aromatic N) is 1. The van der Waals surface area contributed by atoms with E-state index >= 15 is 0 Å². The lowest BCUT2D eigenvalue weighted by Gasteiger charge is -2.40. The van der Waals surface area contributed by atoms with E-state index in [1.165, 1.54) is 37.1 Å². The SMILES string of the molecule is Cc1ccc(C(C(C)N)N2CCC(C(C)C)CC2)cc1. The zero-order valence-corrected chi connectivity index (χ0v) is 13.5. The molecule has 0 saturated carbocycles. The number of hydrogen-bond acceptors (Lipinski definition) is 2. The predicted molar refractivity (Wildman–Crippen MR) is 86.7 cm³/mol. The Labute approximate surface area is 124 Å². The third kappa shape index (κ3) is 3.62. The van der Waals surface area contributed by atoms with Gasteiger partial charge in [-0.3, -0.25) is 4.90 Å². The summed E-state index contributed by atoms with van der Waals surface area (Å²) in [6.07, 6.45) is 2.62. The van der Waals surface area contributed by atoms with Gasteiger partial charge < -0.3 is 5.73 Å². The first kappa shape index (κ1) is 15.5. The van der Waals surface area contributed by atoms with Gasteiger partial charge in [0, 0.05) is 12.1 Å². The van der Waals surface area contributed by atoms with E-state index in [2.05, 4.69) is 56.9 Å². The number of hydrogen-bond donors (Lipinski definition) is 1. The molecule has 1 aromatic carbocycles. The van der Waals surface area contributed by atoms with Crippen molar-refractivity contribution < 1.29 is 0 Å². The maximum atomic E-state index is 6.29. The van der Waals surface area contributed by atoms with Crippen LogP contribution in [0.5, 0.6) is 0 Å². The van der Waals surface area contributed by atoms with Crippen LogP contribution in [0.3, 0.4) is 0 Å². The maximum absolute atomic E-state index is 6.29. The van der Waals surface area contributed by atoms with E-state index in [0.717, 1.165) is 11.8 Å². The number of piperidine rings is 1. The first-order valence-electron chi connectivity index (χ1n) is 8.05. The Morgan fingerprint density at radius 2 is 1.60 bits per heavy atom. The Kier molecular flexibility index (Phi) is 5.22. The predicted octanol–water partition coefficient (Wildman–Crippen LogP) is 3.75. The van der Waals surface area contributed by atoms with Crippen LogP contribution in [0.4, 0.5) is 0 Å². The molecule has 2 N–H and O–H groups in total. The van der Waals surface area contributed by atoms with Crippen molar-refractivity contribution in [1.29, 1.82) is 0 Å². The lowest BCUT2D eigenvalue weighted by atomic mass is 9.85. The largest absolute Gasteiger partial charge is 0.326 e. The number of rotatable bonds is 4. The van der Waals surface area contributed by atoms with Gasteiger partial charge in [-0.05, 0) is 57.2 Å². The standard InChI is InChI=1S/C18H30N2/c1-13(2)16-9-11-20(12-10-16)18(15(4)19)17-7-5-14(3)6-8-17/h5-8,13,15-16,18H,9-12,19H2,1-4H3. The molecule has 1 saturated heterocycles.